The molecule has 0 unspecified atom stereocenters. The molecule has 7 nitrogen and oxygen atoms in total. The van der Waals surface area contributed by atoms with Gasteiger partial charge in [-0.15, -0.1) is 24.0 Å². The van der Waals surface area contributed by atoms with Gasteiger partial charge in [0.25, 0.3) is 0 Å². The Balaban J connectivity index is 0.00000392. The van der Waals surface area contributed by atoms with Crippen molar-refractivity contribution >= 4 is 45.9 Å². The zero-order chi connectivity index (χ0) is 19.8. The fraction of sp³-hybridized carbons (Fsp3) is 0.474. The minimum Gasteiger partial charge on any atom is -0.493 e. The number of guanidine groups is 1. The smallest absolute Gasteiger partial charge is 0.191 e. The van der Waals surface area contributed by atoms with Crippen molar-refractivity contribution in [2.45, 2.75) is 33.4 Å². The third-order valence-electron chi connectivity index (χ3n) is 4.16. The first-order chi connectivity index (χ1) is 13.0. The summed E-state index contributed by atoms with van der Waals surface area (Å²) in [5.74, 6) is 2.15. The molecule has 2 N–H and O–H groups in total. The van der Waals surface area contributed by atoms with E-state index < -0.39 is 0 Å². The van der Waals surface area contributed by atoms with Gasteiger partial charge in [0.05, 0.1) is 19.9 Å². The molecule has 0 saturated carbocycles. The minimum absolute atomic E-state index is 0. The van der Waals surface area contributed by atoms with Crippen molar-refractivity contribution in [3.63, 3.8) is 0 Å². The van der Waals surface area contributed by atoms with Crippen molar-refractivity contribution in [2.24, 2.45) is 4.99 Å². The number of aryl methyl sites for hydroxylation is 3. The first kappa shape index (κ1) is 24.5. The quantitative estimate of drug-likeness (QED) is 0.221. The van der Waals surface area contributed by atoms with Crippen LogP contribution in [0.2, 0.25) is 0 Å². The Bertz CT molecular complexity index is 795. The van der Waals surface area contributed by atoms with Crippen LogP contribution in [0.4, 0.5) is 0 Å². The van der Waals surface area contributed by atoms with Gasteiger partial charge in [-0.2, -0.15) is 5.10 Å². The van der Waals surface area contributed by atoms with Crippen LogP contribution in [0.1, 0.15) is 23.4 Å². The van der Waals surface area contributed by atoms with Crippen LogP contribution in [-0.2, 0) is 13.1 Å². The summed E-state index contributed by atoms with van der Waals surface area (Å²) in [5, 5.41) is 11.1. The van der Waals surface area contributed by atoms with Crippen molar-refractivity contribution in [3.05, 3.63) is 39.6 Å². The number of hydrogen-bond donors (Lipinski definition) is 2. The molecule has 0 amide bonds. The Labute approximate surface area is 192 Å². The lowest BCUT2D eigenvalue weighted by Crippen LogP contribution is -2.37. The van der Waals surface area contributed by atoms with Crippen molar-refractivity contribution < 1.29 is 9.47 Å². The van der Waals surface area contributed by atoms with Gasteiger partial charge in [0.15, 0.2) is 17.5 Å². The second-order valence-electron chi connectivity index (χ2n) is 6.15. The lowest BCUT2D eigenvalue weighted by Gasteiger charge is -2.15. The molecule has 1 heterocycles. The fourth-order valence-corrected chi connectivity index (χ4v) is 3.23. The van der Waals surface area contributed by atoms with Crippen LogP contribution in [0.15, 0.2) is 27.7 Å². The molecule has 1 aromatic heterocycles. The second-order valence-corrected chi connectivity index (χ2v) is 7.01. The molecule has 156 valence electrons. The number of ether oxygens (including phenoxy) is 2. The molecule has 2 aromatic rings. The Hall–Kier alpha value is -1.49. The zero-order valence-corrected chi connectivity index (χ0v) is 20.9. The predicted molar refractivity (Wildman–Crippen MR) is 127 cm³/mol. The van der Waals surface area contributed by atoms with E-state index in [0.29, 0.717) is 18.0 Å². The molecule has 1 aromatic carbocycles. The van der Waals surface area contributed by atoms with Gasteiger partial charge >= 0.3 is 0 Å². The zero-order valence-electron chi connectivity index (χ0n) is 17.0. The highest BCUT2D eigenvalue weighted by molar-refractivity contribution is 14.0. The maximum Gasteiger partial charge on any atom is 0.191 e. The molecule has 2 rings (SSSR count). The summed E-state index contributed by atoms with van der Waals surface area (Å²) >= 11 is 3.58. The molecule has 0 spiro atoms. The molecular formula is C19H29BrIN5O2. The molecule has 0 radical (unpaired) electrons. The number of halogens is 2. The Morgan fingerprint density at radius 2 is 1.82 bits per heavy atom. The van der Waals surface area contributed by atoms with E-state index in [2.05, 4.69) is 49.6 Å². The van der Waals surface area contributed by atoms with Crippen LogP contribution in [-0.4, -0.2) is 43.6 Å². The summed E-state index contributed by atoms with van der Waals surface area (Å²) in [6.45, 7) is 6.39. The minimum atomic E-state index is 0. The van der Waals surface area contributed by atoms with Crippen LogP contribution >= 0.6 is 39.9 Å². The predicted octanol–water partition coefficient (Wildman–Crippen LogP) is 3.65. The first-order valence-corrected chi connectivity index (χ1v) is 9.63. The molecule has 28 heavy (non-hydrogen) atoms. The van der Waals surface area contributed by atoms with Gasteiger partial charge < -0.3 is 20.1 Å². The van der Waals surface area contributed by atoms with Crippen LogP contribution in [0.5, 0.6) is 11.5 Å². The van der Waals surface area contributed by atoms with Gasteiger partial charge in [0.2, 0.25) is 0 Å². The van der Waals surface area contributed by atoms with Crippen LogP contribution in [0.3, 0.4) is 0 Å². The van der Waals surface area contributed by atoms with Gasteiger partial charge in [-0.25, -0.2) is 0 Å². The first-order valence-electron chi connectivity index (χ1n) is 8.84. The Kier molecular flexibility index (Phi) is 10.7. The van der Waals surface area contributed by atoms with E-state index in [4.69, 9.17) is 9.47 Å². The van der Waals surface area contributed by atoms with Crippen molar-refractivity contribution in [2.75, 3.05) is 27.8 Å². The number of aromatic nitrogens is 2. The van der Waals surface area contributed by atoms with Gasteiger partial charge in [-0.05, 0) is 44.0 Å². The number of aliphatic imine (C=N–C) groups is 1. The average molecular weight is 566 g/mol. The van der Waals surface area contributed by atoms with Gasteiger partial charge in [0.1, 0.15) is 0 Å². The number of rotatable bonds is 8. The number of nitrogens with one attached hydrogen (secondary N) is 2. The van der Waals surface area contributed by atoms with Gasteiger partial charge in [-0.3, -0.25) is 9.67 Å². The van der Waals surface area contributed by atoms with Crippen molar-refractivity contribution in [3.8, 4) is 11.5 Å². The topological polar surface area (TPSA) is 72.7 Å². The van der Waals surface area contributed by atoms with E-state index >= 15 is 0 Å². The normalized spacial score (nSPS) is 11.0. The monoisotopic (exact) mass is 565 g/mol. The molecule has 0 aliphatic heterocycles. The SMILES string of the molecule is CN=C(NCCCn1nc(C)cc1C)NCc1cc(OC)c(OC)cc1Br.I. The van der Waals surface area contributed by atoms with Gasteiger partial charge in [0, 0.05) is 36.8 Å². The number of benzene rings is 1. The summed E-state index contributed by atoms with van der Waals surface area (Å²) in [7, 11) is 5.02. The Morgan fingerprint density at radius 1 is 1.14 bits per heavy atom. The standard InChI is InChI=1S/C19H28BrN5O2.HI/c1-13-9-14(2)25(24-13)8-6-7-22-19(21-3)23-12-15-10-17(26-4)18(27-5)11-16(15)20;/h9-11H,6-8,12H2,1-5H3,(H2,21,22,23);1H. The van der Waals surface area contributed by atoms with Crippen LogP contribution < -0.4 is 20.1 Å². The van der Waals surface area contributed by atoms with E-state index in [1.165, 1.54) is 5.69 Å². The summed E-state index contributed by atoms with van der Waals surface area (Å²) in [6, 6.07) is 5.95. The van der Waals surface area contributed by atoms with E-state index in [1.807, 2.05) is 23.7 Å². The largest absolute Gasteiger partial charge is 0.493 e. The third-order valence-corrected chi connectivity index (χ3v) is 4.90. The number of methoxy groups -OCH3 is 2. The number of hydrogen-bond acceptors (Lipinski definition) is 4. The molecule has 0 fully saturated rings. The second kappa shape index (κ2) is 12.2. The molecular weight excluding hydrogens is 537 g/mol. The van der Waals surface area contributed by atoms with Crippen LogP contribution in [0.25, 0.3) is 0 Å². The lowest BCUT2D eigenvalue weighted by molar-refractivity contribution is 0.354. The Morgan fingerprint density at radius 3 is 2.39 bits per heavy atom. The molecule has 0 aliphatic rings. The summed E-state index contributed by atoms with van der Waals surface area (Å²) < 4.78 is 13.7. The molecule has 0 aliphatic carbocycles. The van der Waals surface area contributed by atoms with Gasteiger partial charge in [-0.1, -0.05) is 15.9 Å². The maximum absolute atomic E-state index is 5.37. The van der Waals surface area contributed by atoms with Crippen molar-refractivity contribution in [1.82, 2.24) is 20.4 Å². The highest BCUT2D eigenvalue weighted by Crippen LogP contribution is 2.33. The molecule has 0 saturated heterocycles. The van der Waals surface area contributed by atoms with E-state index in [9.17, 15) is 0 Å². The maximum atomic E-state index is 5.37. The average Bonchev–Trinajstić information content (AvgIpc) is 2.98. The van der Waals surface area contributed by atoms with Crippen molar-refractivity contribution in [1.29, 1.82) is 0 Å². The third kappa shape index (κ3) is 6.84. The lowest BCUT2D eigenvalue weighted by atomic mass is 10.2. The van der Waals surface area contributed by atoms with Crippen LogP contribution in [0, 0.1) is 13.8 Å². The highest BCUT2D eigenvalue weighted by atomic mass is 127. The molecule has 9 heteroatoms. The van der Waals surface area contributed by atoms with E-state index in [0.717, 1.165) is 41.2 Å². The summed E-state index contributed by atoms with van der Waals surface area (Å²) in [6.07, 6.45) is 0.961. The molecule has 0 atom stereocenters. The van der Waals surface area contributed by atoms with E-state index in [-0.39, 0.29) is 24.0 Å². The number of nitrogens with zero attached hydrogens (tertiary/aromatic N) is 3. The summed E-state index contributed by atoms with van der Waals surface area (Å²) in [5.41, 5.74) is 3.30. The summed E-state index contributed by atoms with van der Waals surface area (Å²) in [4.78, 5) is 4.28. The van der Waals surface area contributed by atoms with E-state index in [1.54, 1.807) is 21.3 Å². The fourth-order valence-electron chi connectivity index (χ4n) is 2.77. The highest BCUT2D eigenvalue weighted by Gasteiger charge is 2.10. The molecule has 0 bridgehead atoms.